The lowest BCUT2D eigenvalue weighted by Gasteiger charge is -2.39. The third-order valence-electron chi connectivity index (χ3n) is 4.89. The monoisotopic (exact) mass is 344 g/mol. The van der Waals surface area contributed by atoms with Gasteiger partial charge in [0.2, 0.25) is 0 Å². The Kier molecular flexibility index (Phi) is 5.73. The number of likely N-dealkylation sites (N-methyl/N-ethyl adjacent to an activating group) is 2. The van der Waals surface area contributed by atoms with E-state index >= 15 is 0 Å². The first-order chi connectivity index (χ1) is 12.1. The van der Waals surface area contributed by atoms with Gasteiger partial charge >= 0.3 is 5.97 Å². The summed E-state index contributed by atoms with van der Waals surface area (Å²) in [7, 11) is 2.18. The molecule has 0 spiro atoms. The van der Waals surface area contributed by atoms with Gasteiger partial charge in [0.25, 0.3) is 0 Å². The number of hydrogen-bond acceptors (Lipinski definition) is 5. The van der Waals surface area contributed by atoms with Gasteiger partial charge in [0.1, 0.15) is 5.75 Å². The molecule has 1 aliphatic rings. The van der Waals surface area contributed by atoms with Crippen LogP contribution in [0.3, 0.4) is 0 Å². The molecular formula is C19H28N4O2. The zero-order valence-corrected chi connectivity index (χ0v) is 15.4. The van der Waals surface area contributed by atoms with Crippen LogP contribution >= 0.6 is 0 Å². The van der Waals surface area contributed by atoms with Gasteiger partial charge < -0.3 is 14.6 Å². The van der Waals surface area contributed by atoms with Crippen molar-refractivity contribution < 1.29 is 9.53 Å². The fourth-order valence-corrected chi connectivity index (χ4v) is 3.48. The molecule has 0 unspecified atom stereocenters. The van der Waals surface area contributed by atoms with Crippen molar-refractivity contribution >= 4 is 16.9 Å². The lowest BCUT2D eigenvalue weighted by Crippen LogP contribution is -2.53. The molecule has 2 aromatic rings. The van der Waals surface area contributed by atoms with Gasteiger partial charge in [-0.15, -0.1) is 0 Å². The van der Waals surface area contributed by atoms with Gasteiger partial charge in [-0.25, -0.2) is 10.0 Å². The second-order valence-corrected chi connectivity index (χ2v) is 6.64. The second-order valence-electron chi connectivity index (χ2n) is 6.64. The van der Waals surface area contributed by atoms with Crippen molar-refractivity contribution in [3.8, 4) is 5.75 Å². The minimum absolute atomic E-state index is 0.285. The summed E-state index contributed by atoms with van der Waals surface area (Å²) < 4.78 is 5.40. The van der Waals surface area contributed by atoms with Crippen LogP contribution in [-0.2, 0) is 11.2 Å². The summed E-state index contributed by atoms with van der Waals surface area (Å²) in [6, 6.07) is 5.78. The smallest absolute Gasteiger partial charge is 0.308 e. The van der Waals surface area contributed by atoms with Crippen LogP contribution in [0.1, 0.15) is 19.4 Å². The molecule has 1 aromatic heterocycles. The number of fused-ring (bicyclic) bond motifs is 1. The molecule has 6 heteroatoms. The number of ether oxygens (including phenoxy) is 1. The summed E-state index contributed by atoms with van der Waals surface area (Å²) in [6.45, 7) is 9.99. The van der Waals surface area contributed by atoms with Gasteiger partial charge in [-0.2, -0.15) is 0 Å². The van der Waals surface area contributed by atoms with Gasteiger partial charge in [-0.05, 0) is 31.2 Å². The fraction of sp³-hybridized carbons (Fsp3) is 0.526. The Labute approximate surface area is 149 Å². The molecule has 3 rings (SSSR count). The third-order valence-corrected chi connectivity index (χ3v) is 4.89. The maximum atomic E-state index is 11.4. The molecule has 1 aliphatic heterocycles. The van der Waals surface area contributed by atoms with E-state index in [9.17, 15) is 4.79 Å². The summed E-state index contributed by atoms with van der Waals surface area (Å²) in [4.78, 5) is 17.1. The number of carbonyl (C=O) groups excluding carboxylic acids is 1. The van der Waals surface area contributed by atoms with E-state index in [4.69, 9.17) is 4.74 Å². The number of H-pyrrole nitrogens is 1. The Bertz CT molecular complexity index is 719. The molecule has 0 amide bonds. The van der Waals surface area contributed by atoms with Gasteiger partial charge in [-0.3, -0.25) is 4.79 Å². The van der Waals surface area contributed by atoms with Crippen LogP contribution in [0.5, 0.6) is 5.75 Å². The molecular weight excluding hydrogens is 316 g/mol. The summed E-state index contributed by atoms with van der Waals surface area (Å²) >= 11 is 0. The van der Waals surface area contributed by atoms with Gasteiger partial charge in [0.05, 0.1) is 0 Å². The van der Waals surface area contributed by atoms with Crippen LogP contribution in [-0.4, -0.2) is 72.2 Å². The number of carbonyl (C=O) groups is 1. The summed E-state index contributed by atoms with van der Waals surface area (Å²) in [5.41, 5.74) is 2.20. The number of esters is 1. The zero-order valence-electron chi connectivity index (χ0n) is 15.4. The molecule has 2 heterocycles. The Hall–Kier alpha value is -1.89. The highest BCUT2D eigenvalue weighted by Crippen LogP contribution is 2.29. The van der Waals surface area contributed by atoms with Crippen molar-refractivity contribution in [1.29, 1.82) is 0 Å². The fourth-order valence-electron chi connectivity index (χ4n) is 3.48. The average molecular weight is 344 g/mol. The van der Waals surface area contributed by atoms with Crippen molar-refractivity contribution in [1.82, 2.24) is 19.9 Å². The van der Waals surface area contributed by atoms with Crippen molar-refractivity contribution in [2.75, 3.05) is 46.3 Å². The molecule has 1 fully saturated rings. The van der Waals surface area contributed by atoms with Gasteiger partial charge in [-0.1, -0.05) is 13.0 Å². The first-order valence-electron chi connectivity index (χ1n) is 9.04. The predicted octanol–water partition coefficient (Wildman–Crippen LogP) is 2.12. The maximum Gasteiger partial charge on any atom is 0.308 e. The maximum absolute atomic E-state index is 11.4. The highest BCUT2D eigenvalue weighted by molar-refractivity contribution is 5.91. The Morgan fingerprint density at radius 1 is 1.28 bits per heavy atom. The predicted molar refractivity (Wildman–Crippen MR) is 99.6 cm³/mol. The van der Waals surface area contributed by atoms with Crippen LogP contribution in [0.2, 0.25) is 0 Å². The average Bonchev–Trinajstić information content (AvgIpc) is 3.01. The van der Waals surface area contributed by atoms with Gasteiger partial charge in [0.15, 0.2) is 0 Å². The van der Waals surface area contributed by atoms with Crippen LogP contribution in [0.25, 0.3) is 10.9 Å². The molecule has 25 heavy (non-hydrogen) atoms. The Morgan fingerprint density at radius 2 is 2.04 bits per heavy atom. The number of hydrogen-bond donors (Lipinski definition) is 1. The minimum atomic E-state index is -0.285. The molecule has 1 N–H and O–H groups in total. The van der Waals surface area contributed by atoms with Crippen LogP contribution < -0.4 is 4.74 Å². The molecule has 0 atom stereocenters. The normalized spacial score (nSPS) is 16.6. The summed E-state index contributed by atoms with van der Waals surface area (Å²) in [6.07, 6.45) is 2.95. The summed E-state index contributed by atoms with van der Waals surface area (Å²) in [5.74, 6) is 0.358. The van der Waals surface area contributed by atoms with Crippen molar-refractivity contribution in [3.05, 3.63) is 30.0 Å². The highest BCUT2D eigenvalue weighted by Gasteiger charge is 2.20. The van der Waals surface area contributed by atoms with Crippen LogP contribution in [0, 0.1) is 0 Å². The molecule has 1 saturated heterocycles. The van der Waals surface area contributed by atoms with E-state index in [0.29, 0.717) is 5.75 Å². The second kappa shape index (κ2) is 7.99. The van der Waals surface area contributed by atoms with E-state index in [1.54, 1.807) is 0 Å². The molecule has 0 radical (unpaired) electrons. The SMILES string of the molecule is CCN(CCc1c[nH]c2cccc(OC(C)=O)c12)N1CCN(C)CC1. The molecule has 1 aromatic carbocycles. The molecule has 136 valence electrons. The van der Waals surface area contributed by atoms with E-state index < -0.39 is 0 Å². The van der Waals surface area contributed by atoms with E-state index in [-0.39, 0.29) is 5.97 Å². The number of nitrogens with zero attached hydrogens (tertiary/aromatic N) is 3. The van der Waals surface area contributed by atoms with Crippen molar-refractivity contribution in [3.63, 3.8) is 0 Å². The molecule has 0 bridgehead atoms. The summed E-state index contributed by atoms with van der Waals surface area (Å²) in [5, 5.41) is 5.91. The number of hydrazine groups is 1. The quantitative estimate of drug-likeness (QED) is 0.643. The lowest BCUT2D eigenvalue weighted by atomic mass is 10.1. The number of aromatic nitrogens is 1. The molecule has 0 aliphatic carbocycles. The van der Waals surface area contributed by atoms with E-state index in [2.05, 4.69) is 33.9 Å². The van der Waals surface area contributed by atoms with E-state index in [1.807, 2.05) is 24.4 Å². The number of piperazine rings is 1. The van der Waals surface area contributed by atoms with Crippen LogP contribution in [0.4, 0.5) is 0 Å². The van der Waals surface area contributed by atoms with Crippen molar-refractivity contribution in [2.24, 2.45) is 0 Å². The van der Waals surface area contributed by atoms with E-state index in [0.717, 1.165) is 56.6 Å². The zero-order chi connectivity index (χ0) is 17.8. The first-order valence-corrected chi connectivity index (χ1v) is 9.04. The largest absolute Gasteiger partial charge is 0.426 e. The number of benzene rings is 1. The molecule has 6 nitrogen and oxygen atoms in total. The highest BCUT2D eigenvalue weighted by atomic mass is 16.5. The third kappa shape index (κ3) is 4.21. The first kappa shape index (κ1) is 17.9. The Morgan fingerprint density at radius 3 is 2.72 bits per heavy atom. The number of nitrogens with one attached hydrogen (secondary N) is 1. The molecule has 0 saturated carbocycles. The van der Waals surface area contributed by atoms with Crippen LogP contribution in [0.15, 0.2) is 24.4 Å². The van der Waals surface area contributed by atoms with Gasteiger partial charge in [0, 0.05) is 63.3 Å². The standard InChI is InChI=1S/C19H28N4O2/c1-4-22(23-12-10-21(3)11-13-23)9-8-16-14-20-17-6-5-7-18(19(16)17)25-15(2)24/h5-7,14,20H,4,8-13H2,1-3H3. The van der Waals surface area contributed by atoms with E-state index in [1.165, 1.54) is 12.5 Å². The van der Waals surface area contributed by atoms with Crippen molar-refractivity contribution in [2.45, 2.75) is 20.3 Å². The Balaban J connectivity index is 1.72. The topological polar surface area (TPSA) is 51.8 Å². The minimum Gasteiger partial charge on any atom is -0.426 e. The lowest BCUT2D eigenvalue weighted by molar-refractivity contribution is -0.131. The number of aromatic amines is 1. The number of rotatable bonds is 6.